The molecular weight excluding hydrogens is 309 g/mol. The van der Waals surface area contributed by atoms with Crippen LogP contribution in [0, 0.1) is 24.1 Å². The van der Waals surface area contributed by atoms with Crippen LogP contribution < -0.4 is 4.72 Å². The maximum Gasteiger partial charge on any atom is 0.281 e. The zero-order valence-electron chi connectivity index (χ0n) is 11.8. The molecule has 1 heterocycles. The highest BCUT2D eigenvalue weighted by Gasteiger charge is 2.25. The molecule has 0 bridgehead atoms. The number of benzene rings is 1. The smallest absolute Gasteiger partial charge is 0.281 e. The van der Waals surface area contributed by atoms with E-state index >= 15 is 0 Å². The average molecular weight is 321 g/mol. The Bertz CT molecular complexity index is 895. The molecule has 0 atom stereocenters. The second-order valence-corrected chi connectivity index (χ2v) is 6.23. The van der Waals surface area contributed by atoms with Crippen LogP contribution in [0.4, 0.5) is 4.39 Å². The van der Waals surface area contributed by atoms with Crippen molar-refractivity contribution in [2.45, 2.75) is 11.8 Å². The molecule has 0 aliphatic carbocycles. The van der Waals surface area contributed by atoms with Crippen LogP contribution in [0.15, 0.2) is 35.2 Å². The number of nitrogens with one attached hydrogen (secondary N) is 1. The molecule has 0 aliphatic rings. The van der Waals surface area contributed by atoms with Crippen molar-refractivity contribution in [3.63, 3.8) is 0 Å². The molecule has 1 aromatic carbocycles. The molecule has 1 amide bonds. The van der Waals surface area contributed by atoms with Gasteiger partial charge in [-0.05, 0) is 31.2 Å². The van der Waals surface area contributed by atoms with Crippen molar-refractivity contribution in [1.29, 1.82) is 5.26 Å². The molecule has 2 aromatic rings. The lowest BCUT2D eigenvalue weighted by Crippen LogP contribution is -2.32. The number of halogens is 1. The number of hydrogen-bond acceptors (Lipinski definition) is 4. The first-order valence-electron chi connectivity index (χ1n) is 6.16. The predicted octanol–water partition coefficient (Wildman–Crippen LogP) is 1.46. The number of aromatic nitrogens is 1. The second kappa shape index (κ2) is 5.61. The van der Waals surface area contributed by atoms with Crippen LogP contribution in [0.5, 0.6) is 0 Å². The van der Waals surface area contributed by atoms with E-state index in [-0.39, 0.29) is 5.69 Å². The lowest BCUT2D eigenvalue weighted by molar-refractivity contribution is 0.0973. The minimum Gasteiger partial charge on any atom is -0.344 e. The summed E-state index contributed by atoms with van der Waals surface area (Å²) >= 11 is 0. The summed E-state index contributed by atoms with van der Waals surface area (Å²) in [6, 6.07) is 7.80. The van der Waals surface area contributed by atoms with Gasteiger partial charge in [0.1, 0.15) is 28.0 Å². The first-order valence-corrected chi connectivity index (χ1v) is 7.64. The second-order valence-electron chi connectivity index (χ2n) is 4.58. The lowest BCUT2D eigenvalue weighted by Gasteiger charge is -2.09. The van der Waals surface area contributed by atoms with Gasteiger partial charge in [-0.1, -0.05) is 6.07 Å². The van der Waals surface area contributed by atoms with Gasteiger partial charge in [-0.15, -0.1) is 0 Å². The fourth-order valence-electron chi connectivity index (χ4n) is 1.91. The summed E-state index contributed by atoms with van der Waals surface area (Å²) in [5.41, 5.74) is 0.271. The van der Waals surface area contributed by atoms with Gasteiger partial charge in [-0.2, -0.15) is 5.26 Å². The molecule has 0 spiro atoms. The standard InChI is InChI=1S/C14H12FN3O3S/c1-9-6-7-12(18(9)2)14(19)17-22(20,21)13-5-3-4-11(15)10(13)8-16/h3-7H,1-2H3,(H,17,19). The van der Waals surface area contributed by atoms with Crippen LogP contribution in [0.3, 0.4) is 0 Å². The number of carbonyl (C=O) groups excluding carboxylic acids is 1. The highest BCUT2D eigenvalue weighted by Crippen LogP contribution is 2.18. The third-order valence-electron chi connectivity index (χ3n) is 3.21. The molecule has 8 heteroatoms. The molecule has 6 nitrogen and oxygen atoms in total. The van der Waals surface area contributed by atoms with Crippen molar-refractivity contribution < 1.29 is 17.6 Å². The van der Waals surface area contributed by atoms with Crippen molar-refractivity contribution in [3.8, 4) is 6.07 Å². The van der Waals surface area contributed by atoms with Crippen LogP contribution in [0.1, 0.15) is 21.7 Å². The molecular formula is C14H12FN3O3S. The minimum atomic E-state index is -4.36. The minimum absolute atomic E-state index is 0.135. The molecule has 1 aromatic heterocycles. The van der Waals surface area contributed by atoms with Crippen molar-refractivity contribution in [3.05, 3.63) is 53.1 Å². The lowest BCUT2D eigenvalue weighted by atomic mass is 10.2. The van der Waals surface area contributed by atoms with E-state index in [1.54, 1.807) is 20.0 Å². The van der Waals surface area contributed by atoms with Gasteiger partial charge in [0.15, 0.2) is 0 Å². The number of aryl methyl sites for hydroxylation is 1. The number of carbonyl (C=O) groups is 1. The SMILES string of the molecule is Cc1ccc(C(=O)NS(=O)(=O)c2cccc(F)c2C#N)n1C. The maximum absolute atomic E-state index is 13.5. The van der Waals surface area contributed by atoms with E-state index < -0.39 is 32.2 Å². The Hall–Kier alpha value is -2.66. The summed E-state index contributed by atoms with van der Waals surface area (Å²) in [6.07, 6.45) is 0. The summed E-state index contributed by atoms with van der Waals surface area (Å²) in [6.45, 7) is 1.76. The maximum atomic E-state index is 13.5. The summed E-state index contributed by atoms with van der Waals surface area (Å²) < 4.78 is 41.3. The van der Waals surface area contributed by atoms with Gasteiger partial charge >= 0.3 is 0 Å². The largest absolute Gasteiger partial charge is 0.344 e. The first-order chi connectivity index (χ1) is 10.3. The highest BCUT2D eigenvalue weighted by atomic mass is 32.2. The van der Waals surface area contributed by atoms with Crippen LogP contribution >= 0.6 is 0 Å². The van der Waals surface area contributed by atoms with Crippen LogP contribution in [0.25, 0.3) is 0 Å². The van der Waals surface area contributed by atoms with Gasteiger partial charge < -0.3 is 4.57 Å². The zero-order valence-corrected chi connectivity index (χ0v) is 12.6. The van der Waals surface area contributed by atoms with E-state index in [4.69, 9.17) is 5.26 Å². The Kier molecular flexibility index (Phi) is 4.01. The number of sulfonamides is 1. The molecule has 114 valence electrons. The Morgan fingerprint density at radius 2 is 2.00 bits per heavy atom. The molecule has 0 fully saturated rings. The molecule has 0 radical (unpaired) electrons. The number of nitrogens with zero attached hydrogens (tertiary/aromatic N) is 2. The predicted molar refractivity (Wildman–Crippen MR) is 75.9 cm³/mol. The van der Waals surface area contributed by atoms with Crippen molar-refractivity contribution in [1.82, 2.24) is 9.29 Å². The van der Waals surface area contributed by atoms with Gasteiger partial charge in [-0.25, -0.2) is 17.5 Å². The van der Waals surface area contributed by atoms with Gasteiger partial charge in [0, 0.05) is 12.7 Å². The van der Waals surface area contributed by atoms with Gasteiger partial charge in [0.05, 0.1) is 0 Å². The van der Waals surface area contributed by atoms with E-state index in [1.165, 1.54) is 16.7 Å². The summed E-state index contributed by atoms with van der Waals surface area (Å²) in [5.74, 6) is -1.82. The van der Waals surface area contributed by atoms with Gasteiger partial charge in [-0.3, -0.25) is 4.79 Å². The number of amides is 1. The van der Waals surface area contributed by atoms with E-state index in [0.29, 0.717) is 0 Å². The normalized spacial score (nSPS) is 11.0. The van der Waals surface area contributed by atoms with Crippen LogP contribution in [-0.2, 0) is 17.1 Å². The van der Waals surface area contributed by atoms with E-state index in [9.17, 15) is 17.6 Å². The quantitative estimate of drug-likeness (QED) is 0.926. The Morgan fingerprint density at radius 1 is 1.32 bits per heavy atom. The Morgan fingerprint density at radius 3 is 2.55 bits per heavy atom. The Labute approximate surface area is 126 Å². The molecule has 0 saturated carbocycles. The van der Waals surface area contributed by atoms with Crippen molar-refractivity contribution in [2.24, 2.45) is 7.05 Å². The first kappa shape index (κ1) is 15.7. The van der Waals surface area contributed by atoms with Crippen LogP contribution in [0.2, 0.25) is 0 Å². The topological polar surface area (TPSA) is 92.0 Å². The number of rotatable bonds is 3. The fourth-order valence-corrected chi connectivity index (χ4v) is 3.04. The van der Waals surface area contributed by atoms with Crippen LogP contribution in [-0.4, -0.2) is 18.9 Å². The molecule has 22 heavy (non-hydrogen) atoms. The van der Waals surface area contributed by atoms with Gasteiger partial charge in [0.2, 0.25) is 0 Å². The van der Waals surface area contributed by atoms with Crippen molar-refractivity contribution >= 4 is 15.9 Å². The molecule has 2 rings (SSSR count). The monoisotopic (exact) mass is 321 g/mol. The molecule has 0 aliphatic heterocycles. The number of nitriles is 1. The molecule has 1 N–H and O–H groups in total. The zero-order chi connectivity index (χ0) is 16.5. The third kappa shape index (κ3) is 2.71. The van der Waals surface area contributed by atoms with E-state index in [2.05, 4.69) is 0 Å². The highest BCUT2D eigenvalue weighted by molar-refractivity contribution is 7.90. The number of hydrogen-bond donors (Lipinski definition) is 1. The van der Waals surface area contributed by atoms with Crippen molar-refractivity contribution in [2.75, 3.05) is 0 Å². The summed E-state index contributed by atoms with van der Waals surface area (Å²) in [5, 5.41) is 8.89. The van der Waals surface area contributed by atoms with Gasteiger partial charge in [0.25, 0.3) is 15.9 Å². The Balaban J connectivity index is 2.41. The summed E-state index contributed by atoms with van der Waals surface area (Å²) in [4.78, 5) is 11.5. The fraction of sp³-hybridized carbons (Fsp3) is 0.143. The average Bonchev–Trinajstić information content (AvgIpc) is 2.78. The molecule has 0 unspecified atom stereocenters. The summed E-state index contributed by atoms with van der Waals surface area (Å²) in [7, 11) is -2.74. The van der Waals surface area contributed by atoms with E-state index in [1.807, 2.05) is 4.72 Å². The third-order valence-corrected chi connectivity index (χ3v) is 4.58. The molecule has 0 saturated heterocycles. The van der Waals surface area contributed by atoms with E-state index in [0.717, 1.165) is 23.9 Å².